The average molecular weight is 654 g/mol. The lowest BCUT2D eigenvalue weighted by molar-refractivity contribution is -0.255. The predicted molar refractivity (Wildman–Crippen MR) is 179 cm³/mol. The number of benzene rings is 5. The summed E-state index contributed by atoms with van der Waals surface area (Å²) in [7, 11) is -3.63. The van der Waals surface area contributed by atoms with E-state index in [0.29, 0.717) is 5.75 Å². The number of phenols is 1. The Hall–Kier alpha value is -3.96. The van der Waals surface area contributed by atoms with Crippen LogP contribution in [0.5, 0.6) is 5.75 Å². The van der Waals surface area contributed by atoms with Gasteiger partial charge >= 0.3 is 0 Å². The number of aromatic hydroxyl groups is 1. The van der Waals surface area contributed by atoms with E-state index >= 15 is 0 Å². The molecule has 0 aromatic heterocycles. The summed E-state index contributed by atoms with van der Waals surface area (Å²) in [6, 6.07) is 41.1. The number of aliphatic hydroxyl groups excluding tert-OH is 1. The quantitative estimate of drug-likeness (QED) is 0.131. The van der Waals surface area contributed by atoms with E-state index in [-0.39, 0.29) is 41.9 Å². The van der Waals surface area contributed by atoms with Crippen LogP contribution < -0.4 is 4.72 Å². The van der Waals surface area contributed by atoms with E-state index in [1.54, 1.807) is 54.2 Å². The highest BCUT2D eigenvalue weighted by Gasteiger charge is 2.41. The van der Waals surface area contributed by atoms with Crippen LogP contribution in [0.25, 0.3) is 0 Å². The molecule has 1 heterocycles. The number of rotatable bonds is 11. The number of nitrogens with one attached hydrogen (secondary N) is 1. The van der Waals surface area contributed by atoms with Crippen LogP contribution in [0.1, 0.15) is 46.1 Å². The maximum Gasteiger partial charge on any atom is 0.240 e. The van der Waals surface area contributed by atoms with Gasteiger partial charge in [0.15, 0.2) is 6.29 Å². The van der Waals surface area contributed by atoms with Crippen molar-refractivity contribution < 1.29 is 28.1 Å². The number of sulfonamides is 1. The smallest absolute Gasteiger partial charge is 0.240 e. The molecule has 5 aromatic carbocycles. The van der Waals surface area contributed by atoms with Gasteiger partial charge in [0.05, 0.1) is 23.7 Å². The zero-order valence-corrected chi connectivity index (χ0v) is 26.6. The molecule has 0 saturated carbocycles. The summed E-state index contributed by atoms with van der Waals surface area (Å²) in [5, 5.41) is 19.4. The van der Waals surface area contributed by atoms with Crippen LogP contribution in [-0.2, 0) is 32.6 Å². The van der Waals surface area contributed by atoms with Crippen molar-refractivity contribution in [3.05, 3.63) is 161 Å². The molecule has 0 spiro atoms. The first kappa shape index (κ1) is 32.0. The van der Waals surface area contributed by atoms with Gasteiger partial charge in [-0.25, -0.2) is 13.1 Å². The van der Waals surface area contributed by atoms with Crippen molar-refractivity contribution >= 4 is 21.8 Å². The third-order valence-corrected chi connectivity index (χ3v) is 10.5. The zero-order chi connectivity index (χ0) is 31.9. The summed E-state index contributed by atoms with van der Waals surface area (Å²) in [5.74, 6) is 0.722. The molecule has 5 aromatic rings. The molecule has 236 valence electrons. The average Bonchev–Trinajstić information content (AvgIpc) is 3.11. The van der Waals surface area contributed by atoms with Crippen molar-refractivity contribution in [3.63, 3.8) is 0 Å². The lowest BCUT2D eigenvalue weighted by atomic mass is 9.84. The molecule has 3 N–H and O–H groups in total. The molecule has 0 aliphatic carbocycles. The highest BCUT2D eigenvalue weighted by Crippen LogP contribution is 2.48. The van der Waals surface area contributed by atoms with Crippen LogP contribution in [0.3, 0.4) is 0 Å². The van der Waals surface area contributed by atoms with Gasteiger partial charge in [-0.2, -0.15) is 0 Å². The lowest BCUT2D eigenvalue weighted by Gasteiger charge is -2.43. The van der Waals surface area contributed by atoms with Gasteiger partial charge in [0, 0.05) is 28.7 Å². The largest absolute Gasteiger partial charge is 0.508 e. The fourth-order valence-electron chi connectivity index (χ4n) is 5.53. The van der Waals surface area contributed by atoms with Crippen molar-refractivity contribution in [2.24, 2.45) is 0 Å². The van der Waals surface area contributed by atoms with Gasteiger partial charge in [0.25, 0.3) is 0 Å². The van der Waals surface area contributed by atoms with E-state index in [9.17, 15) is 18.6 Å². The maximum absolute atomic E-state index is 12.7. The molecule has 46 heavy (non-hydrogen) atoms. The maximum atomic E-state index is 12.7. The van der Waals surface area contributed by atoms with E-state index in [2.05, 4.69) is 16.9 Å². The van der Waals surface area contributed by atoms with E-state index in [1.165, 1.54) is 0 Å². The summed E-state index contributed by atoms with van der Waals surface area (Å²) in [6.45, 7) is 0.102. The predicted octanol–water partition coefficient (Wildman–Crippen LogP) is 7.09. The van der Waals surface area contributed by atoms with Gasteiger partial charge in [-0.05, 0) is 58.7 Å². The first-order valence-corrected chi connectivity index (χ1v) is 17.5. The van der Waals surface area contributed by atoms with Crippen LogP contribution in [0.15, 0.2) is 143 Å². The molecule has 0 radical (unpaired) electrons. The minimum absolute atomic E-state index is 0.0423. The van der Waals surface area contributed by atoms with Crippen LogP contribution in [-0.4, -0.2) is 30.5 Å². The monoisotopic (exact) mass is 653 g/mol. The Morgan fingerprint density at radius 3 is 1.93 bits per heavy atom. The molecule has 1 aliphatic rings. The molecule has 1 fully saturated rings. The number of phenolic OH excluding ortho intramolecular Hbond substituents is 1. The second kappa shape index (κ2) is 14.6. The van der Waals surface area contributed by atoms with Gasteiger partial charge in [-0.15, -0.1) is 11.8 Å². The summed E-state index contributed by atoms with van der Waals surface area (Å²) < 4.78 is 41.6. The van der Waals surface area contributed by atoms with Crippen molar-refractivity contribution in [2.75, 3.05) is 5.75 Å². The molecule has 4 atom stereocenters. The molecule has 1 aliphatic heterocycles. The number of hydrogen-bond acceptors (Lipinski definition) is 7. The van der Waals surface area contributed by atoms with Gasteiger partial charge < -0.3 is 19.7 Å². The second-order valence-electron chi connectivity index (χ2n) is 11.1. The highest BCUT2D eigenvalue weighted by atomic mass is 32.2. The summed E-state index contributed by atoms with van der Waals surface area (Å²) in [5.41, 5.74) is 4.51. The lowest BCUT2D eigenvalue weighted by Crippen LogP contribution is -2.38. The SMILES string of the molecule is O=S(=O)(NCc1ccc(C2OC(CSc3ccc(O)cc3)C(c3ccccc3)C(c3ccc(CO)cc3)O2)cc1)c1ccccc1. The van der Waals surface area contributed by atoms with Gasteiger partial charge in [0.1, 0.15) is 5.75 Å². The Balaban J connectivity index is 1.27. The normalized spacial score (nSPS) is 19.9. The van der Waals surface area contributed by atoms with E-state index < -0.39 is 16.3 Å². The molecule has 4 unspecified atom stereocenters. The number of thioether (sulfide) groups is 1. The van der Waals surface area contributed by atoms with Gasteiger partial charge in [-0.3, -0.25) is 0 Å². The molecule has 6 rings (SSSR count). The van der Waals surface area contributed by atoms with Crippen LogP contribution in [0, 0.1) is 0 Å². The van der Waals surface area contributed by atoms with E-state index in [4.69, 9.17) is 9.47 Å². The topological polar surface area (TPSA) is 105 Å². The van der Waals surface area contributed by atoms with Crippen molar-refractivity contribution in [3.8, 4) is 5.75 Å². The van der Waals surface area contributed by atoms with Crippen molar-refractivity contribution in [1.29, 1.82) is 0 Å². The Kier molecular flexibility index (Phi) is 10.2. The molecule has 1 saturated heterocycles. The third kappa shape index (κ3) is 7.70. The Morgan fingerprint density at radius 1 is 0.674 bits per heavy atom. The van der Waals surface area contributed by atoms with E-state index in [0.717, 1.165) is 32.7 Å². The first-order chi connectivity index (χ1) is 22.4. The second-order valence-corrected chi connectivity index (χ2v) is 13.9. The molecule has 9 heteroatoms. The Morgan fingerprint density at radius 2 is 1.28 bits per heavy atom. The van der Waals surface area contributed by atoms with Crippen molar-refractivity contribution in [1.82, 2.24) is 4.72 Å². The summed E-state index contributed by atoms with van der Waals surface area (Å²) in [6.07, 6.45) is -1.28. The van der Waals surface area contributed by atoms with Gasteiger partial charge in [0.2, 0.25) is 10.0 Å². The fraction of sp³-hybridized carbons (Fsp3) is 0.189. The van der Waals surface area contributed by atoms with E-state index in [1.807, 2.05) is 78.9 Å². The summed E-state index contributed by atoms with van der Waals surface area (Å²) in [4.78, 5) is 1.24. The number of ether oxygens (including phenoxy) is 2. The zero-order valence-electron chi connectivity index (χ0n) is 25.0. The van der Waals surface area contributed by atoms with Crippen LogP contribution in [0.4, 0.5) is 0 Å². The van der Waals surface area contributed by atoms with Crippen molar-refractivity contribution in [2.45, 2.75) is 47.4 Å². The first-order valence-electron chi connectivity index (χ1n) is 15.0. The highest BCUT2D eigenvalue weighted by molar-refractivity contribution is 7.99. The molecule has 0 bridgehead atoms. The minimum Gasteiger partial charge on any atom is -0.508 e. The molecular weight excluding hydrogens is 619 g/mol. The minimum atomic E-state index is -3.63. The molecule has 0 amide bonds. The fourth-order valence-corrected chi connectivity index (χ4v) is 7.54. The summed E-state index contributed by atoms with van der Waals surface area (Å²) >= 11 is 1.65. The molecular formula is C37H35NO6S2. The van der Waals surface area contributed by atoms with Crippen LogP contribution >= 0.6 is 11.8 Å². The van der Waals surface area contributed by atoms with Crippen LogP contribution in [0.2, 0.25) is 0 Å². The van der Waals surface area contributed by atoms with Gasteiger partial charge in [-0.1, -0.05) is 97.1 Å². The third-order valence-electron chi connectivity index (χ3n) is 7.99. The number of hydrogen-bond donors (Lipinski definition) is 3. The Bertz CT molecular complexity index is 1800. The number of aliphatic hydroxyl groups is 1. The molecule has 7 nitrogen and oxygen atoms in total. The standard InChI is InChI=1S/C37H35NO6S2/c39-24-27-13-15-29(16-14-27)36-35(28-7-3-1-4-8-28)34(25-45-32-21-19-31(40)20-22-32)43-37(44-36)30-17-11-26(12-18-30)23-38-46(41,42)33-9-5-2-6-10-33/h1-22,34-40H,23-25H2. The Labute approximate surface area is 273 Å².